The van der Waals surface area contributed by atoms with Gasteiger partial charge in [0.2, 0.25) is 0 Å². The van der Waals surface area contributed by atoms with Crippen LogP contribution >= 0.6 is 11.3 Å². The summed E-state index contributed by atoms with van der Waals surface area (Å²) in [4.78, 5) is 7.64. The van der Waals surface area contributed by atoms with Crippen LogP contribution in [0.5, 0.6) is 0 Å². The van der Waals surface area contributed by atoms with Crippen LogP contribution in [0.2, 0.25) is 0 Å². The van der Waals surface area contributed by atoms with E-state index in [-0.39, 0.29) is 5.84 Å². The van der Waals surface area contributed by atoms with Crippen molar-refractivity contribution in [3.63, 3.8) is 0 Å². The lowest BCUT2D eigenvalue weighted by Crippen LogP contribution is -2.24. The van der Waals surface area contributed by atoms with Gasteiger partial charge in [-0.1, -0.05) is 0 Å². The summed E-state index contributed by atoms with van der Waals surface area (Å²) in [5, 5.41) is 9.18. The van der Waals surface area contributed by atoms with E-state index in [0.717, 1.165) is 23.7 Å². The third kappa shape index (κ3) is 2.59. The van der Waals surface area contributed by atoms with Crippen molar-refractivity contribution in [3.05, 3.63) is 23.5 Å². The number of nitrogens with two attached hydrogens (primary N) is 1. The molecule has 5 nitrogen and oxygen atoms in total. The standard InChI is InChI=1S/C10H15N5S/c1-14(3-2-9(11)12)6-8-7-15-4-5-16-10(15)13-8/h4-5,7H,2-3,6H2,1H3,(H3,11,12). The van der Waals surface area contributed by atoms with Crippen LogP contribution in [0.15, 0.2) is 17.8 Å². The van der Waals surface area contributed by atoms with Crippen molar-refractivity contribution in [2.45, 2.75) is 13.0 Å². The van der Waals surface area contributed by atoms with E-state index in [1.807, 2.05) is 29.2 Å². The fraction of sp³-hybridized carbons (Fsp3) is 0.400. The molecule has 2 aromatic rings. The predicted octanol–water partition coefficient (Wildman–Crippen LogP) is 1.15. The molecule has 2 heterocycles. The Morgan fingerprint density at radius 3 is 3.19 bits per heavy atom. The predicted molar refractivity (Wildman–Crippen MR) is 65.9 cm³/mol. The minimum atomic E-state index is 0.234. The first-order chi connectivity index (χ1) is 7.65. The lowest BCUT2D eigenvalue weighted by atomic mass is 10.3. The minimum absolute atomic E-state index is 0.234. The van der Waals surface area contributed by atoms with Gasteiger partial charge in [-0.05, 0) is 7.05 Å². The Hall–Kier alpha value is -1.40. The monoisotopic (exact) mass is 237 g/mol. The van der Waals surface area contributed by atoms with Gasteiger partial charge in [0.05, 0.1) is 11.5 Å². The van der Waals surface area contributed by atoms with Crippen LogP contribution < -0.4 is 5.73 Å². The molecular weight excluding hydrogens is 222 g/mol. The van der Waals surface area contributed by atoms with Crippen LogP contribution in [0.3, 0.4) is 0 Å². The molecule has 0 aliphatic heterocycles. The molecule has 6 heteroatoms. The van der Waals surface area contributed by atoms with Gasteiger partial charge in [0.25, 0.3) is 0 Å². The maximum absolute atomic E-state index is 7.16. The van der Waals surface area contributed by atoms with E-state index in [9.17, 15) is 0 Å². The highest BCUT2D eigenvalue weighted by molar-refractivity contribution is 7.15. The van der Waals surface area contributed by atoms with Crippen LogP contribution in [-0.2, 0) is 6.54 Å². The molecule has 0 radical (unpaired) electrons. The lowest BCUT2D eigenvalue weighted by molar-refractivity contribution is 0.333. The number of nitrogens with one attached hydrogen (secondary N) is 1. The molecule has 0 aliphatic carbocycles. The topological polar surface area (TPSA) is 70.4 Å². The molecule has 0 aliphatic rings. The molecule has 2 rings (SSSR count). The van der Waals surface area contributed by atoms with Crippen molar-refractivity contribution in [1.82, 2.24) is 14.3 Å². The Kier molecular flexibility index (Phi) is 3.21. The average molecular weight is 237 g/mol. The number of fused-ring (bicyclic) bond motifs is 1. The highest BCUT2D eigenvalue weighted by Crippen LogP contribution is 2.12. The van der Waals surface area contributed by atoms with Crippen molar-refractivity contribution < 1.29 is 0 Å². The molecule has 0 saturated heterocycles. The number of amidine groups is 1. The van der Waals surface area contributed by atoms with Crippen LogP contribution in [0.4, 0.5) is 0 Å². The highest BCUT2D eigenvalue weighted by atomic mass is 32.1. The molecule has 0 saturated carbocycles. The second kappa shape index (κ2) is 4.63. The Balaban J connectivity index is 1.94. The van der Waals surface area contributed by atoms with E-state index in [4.69, 9.17) is 11.1 Å². The molecule has 0 amide bonds. The molecule has 0 fully saturated rings. The fourth-order valence-electron chi connectivity index (χ4n) is 1.52. The molecule has 0 atom stereocenters. The molecule has 16 heavy (non-hydrogen) atoms. The zero-order valence-corrected chi connectivity index (χ0v) is 10.00. The Labute approximate surface area is 98.0 Å². The third-order valence-corrected chi connectivity index (χ3v) is 3.11. The lowest BCUT2D eigenvalue weighted by Gasteiger charge is -2.13. The van der Waals surface area contributed by atoms with Crippen LogP contribution in [-0.4, -0.2) is 33.7 Å². The van der Waals surface area contributed by atoms with E-state index in [2.05, 4.69) is 9.88 Å². The summed E-state index contributed by atoms with van der Waals surface area (Å²) >= 11 is 1.63. The van der Waals surface area contributed by atoms with Gasteiger partial charge >= 0.3 is 0 Å². The quantitative estimate of drug-likeness (QED) is 0.605. The Morgan fingerprint density at radius 1 is 1.69 bits per heavy atom. The number of hydrogen-bond acceptors (Lipinski definition) is 4. The maximum atomic E-state index is 7.16. The molecule has 0 spiro atoms. The molecule has 0 bridgehead atoms. The SMILES string of the molecule is CN(CCC(=N)N)Cc1cn2ccsc2n1. The Morgan fingerprint density at radius 2 is 2.50 bits per heavy atom. The van der Waals surface area contributed by atoms with Crippen molar-refractivity contribution in [3.8, 4) is 0 Å². The molecule has 3 N–H and O–H groups in total. The number of hydrogen-bond donors (Lipinski definition) is 2. The fourth-order valence-corrected chi connectivity index (χ4v) is 2.24. The summed E-state index contributed by atoms with van der Waals surface area (Å²) in [6, 6.07) is 0. The van der Waals surface area contributed by atoms with Gasteiger partial charge in [-0.3, -0.25) is 9.81 Å². The van der Waals surface area contributed by atoms with E-state index in [1.165, 1.54) is 0 Å². The first-order valence-corrected chi connectivity index (χ1v) is 5.95. The average Bonchev–Trinajstić information content (AvgIpc) is 2.74. The van der Waals surface area contributed by atoms with Crippen molar-refractivity contribution in [2.75, 3.05) is 13.6 Å². The molecular formula is C10H15N5S. The summed E-state index contributed by atoms with van der Waals surface area (Å²) in [7, 11) is 2.01. The van der Waals surface area contributed by atoms with Crippen molar-refractivity contribution >= 4 is 22.1 Å². The highest BCUT2D eigenvalue weighted by Gasteiger charge is 2.05. The van der Waals surface area contributed by atoms with E-state index < -0.39 is 0 Å². The smallest absolute Gasteiger partial charge is 0.193 e. The Bertz CT molecular complexity index is 458. The summed E-state index contributed by atoms with van der Waals surface area (Å²) in [5.74, 6) is 0.234. The van der Waals surface area contributed by atoms with E-state index in [1.54, 1.807) is 11.3 Å². The minimum Gasteiger partial charge on any atom is -0.388 e. The number of aromatic nitrogens is 2. The van der Waals surface area contributed by atoms with Crippen LogP contribution in [0, 0.1) is 5.41 Å². The first kappa shape index (κ1) is 11.1. The second-order valence-electron chi connectivity index (χ2n) is 3.84. The molecule has 2 aromatic heterocycles. The van der Waals surface area contributed by atoms with Gasteiger partial charge in [0.1, 0.15) is 0 Å². The normalized spacial score (nSPS) is 11.4. The first-order valence-electron chi connectivity index (χ1n) is 5.07. The number of rotatable bonds is 5. The van der Waals surface area contributed by atoms with Gasteiger partial charge in [0, 0.05) is 37.3 Å². The number of nitrogens with zero attached hydrogens (tertiary/aromatic N) is 3. The molecule has 0 aromatic carbocycles. The van der Waals surface area contributed by atoms with Crippen LogP contribution in [0.25, 0.3) is 4.96 Å². The third-order valence-electron chi connectivity index (χ3n) is 2.34. The second-order valence-corrected chi connectivity index (χ2v) is 4.71. The van der Waals surface area contributed by atoms with Gasteiger partial charge in [-0.15, -0.1) is 11.3 Å². The summed E-state index contributed by atoms with van der Waals surface area (Å²) < 4.78 is 2.03. The van der Waals surface area contributed by atoms with E-state index >= 15 is 0 Å². The molecule has 0 unspecified atom stereocenters. The zero-order chi connectivity index (χ0) is 11.5. The summed E-state index contributed by atoms with van der Waals surface area (Å²) in [6.45, 7) is 1.59. The van der Waals surface area contributed by atoms with Gasteiger partial charge in [0.15, 0.2) is 4.96 Å². The van der Waals surface area contributed by atoms with Crippen LogP contribution in [0.1, 0.15) is 12.1 Å². The van der Waals surface area contributed by atoms with E-state index in [0.29, 0.717) is 6.42 Å². The largest absolute Gasteiger partial charge is 0.388 e. The van der Waals surface area contributed by atoms with Gasteiger partial charge < -0.3 is 10.6 Å². The van der Waals surface area contributed by atoms with Gasteiger partial charge in [-0.2, -0.15) is 0 Å². The van der Waals surface area contributed by atoms with Crippen molar-refractivity contribution in [1.29, 1.82) is 5.41 Å². The summed E-state index contributed by atoms with van der Waals surface area (Å²) in [5.41, 5.74) is 6.37. The number of thiazole rings is 1. The molecule has 86 valence electrons. The van der Waals surface area contributed by atoms with Gasteiger partial charge in [-0.25, -0.2) is 4.98 Å². The van der Waals surface area contributed by atoms with Crippen molar-refractivity contribution in [2.24, 2.45) is 5.73 Å². The zero-order valence-electron chi connectivity index (χ0n) is 9.18. The number of imidazole rings is 1. The maximum Gasteiger partial charge on any atom is 0.193 e. The summed E-state index contributed by atoms with van der Waals surface area (Å²) in [6.07, 6.45) is 4.65.